The maximum absolute atomic E-state index is 12.4. The highest BCUT2D eigenvalue weighted by Crippen LogP contribution is 2.40. The summed E-state index contributed by atoms with van der Waals surface area (Å²) in [5.74, 6) is 0.216. The number of hydrogen-bond donors (Lipinski definition) is 2. The Kier molecular flexibility index (Phi) is 6.50. The molecule has 0 radical (unpaired) electrons. The van der Waals surface area contributed by atoms with Gasteiger partial charge in [-0.05, 0) is 44.4 Å². The molecule has 2 atom stereocenters. The van der Waals surface area contributed by atoms with Crippen LogP contribution in [0, 0.1) is 11.3 Å². The van der Waals surface area contributed by atoms with E-state index in [0.29, 0.717) is 6.54 Å². The molecule has 0 aromatic heterocycles. The van der Waals surface area contributed by atoms with Crippen LogP contribution in [-0.2, 0) is 4.74 Å². The molecule has 0 aromatic carbocycles. The number of nitrogens with zero attached hydrogens (tertiary/aromatic N) is 1. The molecular weight excluding hydrogens is 280 g/mol. The summed E-state index contributed by atoms with van der Waals surface area (Å²) in [5.41, 5.74) is 0.227. The van der Waals surface area contributed by atoms with Gasteiger partial charge in [0.15, 0.2) is 0 Å². The maximum Gasteiger partial charge on any atom is 0.317 e. The van der Waals surface area contributed by atoms with Crippen molar-refractivity contribution in [3.8, 4) is 0 Å². The Balaban J connectivity index is 1.83. The molecule has 2 rings (SSSR count). The molecule has 1 saturated carbocycles. The lowest BCUT2D eigenvalue weighted by Gasteiger charge is -2.36. The van der Waals surface area contributed by atoms with Crippen molar-refractivity contribution in [2.24, 2.45) is 11.3 Å². The van der Waals surface area contributed by atoms with Crippen molar-refractivity contribution in [3.05, 3.63) is 0 Å². The van der Waals surface area contributed by atoms with Gasteiger partial charge in [-0.1, -0.05) is 12.8 Å². The van der Waals surface area contributed by atoms with E-state index < -0.39 is 0 Å². The van der Waals surface area contributed by atoms with Crippen LogP contribution in [0.2, 0.25) is 0 Å². The molecule has 0 spiro atoms. The van der Waals surface area contributed by atoms with Gasteiger partial charge in [0.25, 0.3) is 0 Å². The quantitative estimate of drug-likeness (QED) is 0.791. The van der Waals surface area contributed by atoms with Gasteiger partial charge in [0.2, 0.25) is 0 Å². The molecule has 22 heavy (non-hydrogen) atoms. The van der Waals surface area contributed by atoms with Crippen LogP contribution in [0.5, 0.6) is 0 Å². The van der Waals surface area contributed by atoms with Crippen molar-refractivity contribution in [2.45, 2.75) is 58.0 Å². The second-order valence-corrected chi connectivity index (χ2v) is 7.20. The number of aliphatic hydroxyl groups excluding tert-OH is 1. The Hall–Kier alpha value is -0.810. The predicted octanol–water partition coefficient (Wildman–Crippen LogP) is 2.39. The Morgan fingerprint density at radius 1 is 1.41 bits per heavy atom. The highest BCUT2D eigenvalue weighted by atomic mass is 16.5. The molecule has 2 N–H and O–H groups in total. The van der Waals surface area contributed by atoms with Crippen LogP contribution >= 0.6 is 0 Å². The van der Waals surface area contributed by atoms with Crippen LogP contribution in [0.4, 0.5) is 4.79 Å². The minimum absolute atomic E-state index is 0.0361. The monoisotopic (exact) mass is 312 g/mol. The average Bonchev–Trinajstić information content (AvgIpc) is 3.00. The van der Waals surface area contributed by atoms with Crippen molar-refractivity contribution >= 4 is 6.03 Å². The Labute approximate surface area is 134 Å². The first kappa shape index (κ1) is 17.5. The largest absolute Gasteiger partial charge is 0.393 e. The summed E-state index contributed by atoms with van der Waals surface area (Å²) in [4.78, 5) is 14.3. The maximum atomic E-state index is 12.4. The fourth-order valence-electron chi connectivity index (χ4n) is 3.92. The topological polar surface area (TPSA) is 61.8 Å². The Bertz CT molecular complexity index is 354. The number of rotatable bonds is 6. The first-order valence-electron chi connectivity index (χ1n) is 8.76. The van der Waals surface area contributed by atoms with E-state index in [1.165, 1.54) is 25.7 Å². The molecule has 1 saturated heterocycles. The second kappa shape index (κ2) is 8.16. The molecule has 1 aliphatic carbocycles. The number of aliphatic hydroxyl groups is 1. The summed E-state index contributed by atoms with van der Waals surface area (Å²) >= 11 is 0. The Morgan fingerprint density at radius 2 is 2.14 bits per heavy atom. The van der Waals surface area contributed by atoms with E-state index in [9.17, 15) is 9.90 Å². The smallest absolute Gasteiger partial charge is 0.317 e. The van der Waals surface area contributed by atoms with Crippen molar-refractivity contribution in [2.75, 3.05) is 33.4 Å². The molecule has 5 nitrogen and oxygen atoms in total. The van der Waals surface area contributed by atoms with Gasteiger partial charge in [-0.3, -0.25) is 0 Å². The average molecular weight is 312 g/mol. The van der Waals surface area contributed by atoms with Gasteiger partial charge in [-0.25, -0.2) is 4.79 Å². The van der Waals surface area contributed by atoms with Crippen LogP contribution in [0.25, 0.3) is 0 Å². The first-order chi connectivity index (χ1) is 10.6. The molecule has 0 bridgehead atoms. The minimum atomic E-state index is -0.335. The molecule has 2 fully saturated rings. The molecule has 2 amide bonds. The number of methoxy groups -OCH3 is 1. The molecule has 1 aliphatic heterocycles. The third-order valence-electron chi connectivity index (χ3n) is 5.54. The van der Waals surface area contributed by atoms with E-state index in [4.69, 9.17) is 4.74 Å². The lowest BCUT2D eigenvalue weighted by atomic mass is 9.83. The van der Waals surface area contributed by atoms with E-state index >= 15 is 0 Å². The molecule has 2 unspecified atom stereocenters. The summed E-state index contributed by atoms with van der Waals surface area (Å²) in [6.07, 6.45) is 7.58. The lowest BCUT2D eigenvalue weighted by Crippen LogP contribution is -2.49. The standard InChI is InChI=1S/C17H32N2O3/c1-14(20)15-6-5-10-19(12-15)16(21)18-13-17(9-11-22-2)7-3-4-8-17/h14-15,20H,3-13H2,1-2H3,(H,18,21). The first-order valence-corrected chi connectivity index (χ1v) is 8.76. The Morgan fingerprint density at radius 3 is 2.77 bits per heavy atom. The number of ether oxygens (including phenoxy) is 1. The fraction of sp³-hybridized carbons (Fsp3) is 0.941. The van der Waals surface area contributed by atoms with E-state index in [-0.39, 0.29) is 23.5 Å². The lowest BCUT2D eigenvalue weighted by molar-refractivity contribution is 0.0724. The van der Waals surface area contributed by atoms with Gasteiger partial charge in [0.1, 0.15) is 0 Å². The van der Waals surface area contributed by atoms with Gasteiger partial charge in [0, 0.05) is 39.3 Å². The zero-order chi connectivity index (χ0) is 16.0. The summed E-state index contributed by atoms with van der Waals surface area (Å²) in [6, 6.07) is 0.0361. The molecule has 0 aromatic rings. The molecule has 5 heteroatoms. The minimum Gasteiger partial charge on any atom is -0.393 e. The number of urea groups is 1. The SMILES string of the molecule is COCCC1(CNC(=O)N2CCCC(C(C)O)C2)CCCC1. The summed E-state index contributed by atoms with van der Waals surface area (Å²) in [6.45, 7) is 4.83. The third kappa shape index (κ3) is 4.59. The van der Waals surface area contributed by atoms with Gasteiger partial charge in [-0.15, -0.1) is 0 Å². The van der Waals surface area contributed by atoms with Gasteiger partial charge in [-0.2, -0.15) is 0 Å². The number of nitrogens with one attached hydrogen (secondary N) is 1. The van der Waals surface area contributed by atoms with E-state index in [1.807, 2.05) is 11.8 Å². The normalized spacial score (nSPS) is 26.0. The molecule has 2 aliphatic rings. The number of amides is 2. The molecule has 1 heterocycles. The highest BCUT2D eigenvalue weighted by Gasteiger charge is 2.34. The van der Waals surface area contributed by atoms with E-state index in [2.05, 4.69) is 5.32 Å². The second-order valence-electron chi connectivity index (χ2n) is 7.20. The number of hydrogen-bond acceptors (Lipinski definition) is 3. The zero-order valence-electron chi connectivity index (χ0n) is 14.1. The van der Waals surface area contributed by atoms with Crippen LogP contribution in [0.15, 0.2) is 0 Å². The van der Waals surface area contributed by atoms with Gasteiger partial charge < -0.3 is 20.1 Å². The summed E-state index contributed by atoms with van der Waals surface area (Å²) in [7, 11) is 1.74. The number of carbonyl (C=O) groups excluding carboxylic acids is 1. The summed E-state index contributed by atoms with van der Waals surface area (Å²) < 4.78 is 5.24. The van der Waals surface area contributed by atoms with Gasteiger partial charge in [0.05, 0.1) is 6.10 Å². The van der Waals surface area contributed by atoms with E-state index in [0.717, 1.165) is 39.0 Å². The number of piperidine rings is 1. The number of carbonyl (C=O) groups is 1. The van der Waals surface area contributed by atoms with Crippen LogP contribution in [0.1, 0.15) is 51.9 Å². The molecular formula is C17H32N2O3. The van der Waals surface area contributed by atoms with E-state index in [1.54, 1.807) is 7.11 Å². The fourth-order valence-corrected chi connectivity index (χ4v) is 3.92. The number of likely N-dealkylation sites (tertiary alicyclic amines) is 1. The van der Waals surface area contributed by atoms with Crippen molar-refractivity contribution in [3.63, 3.8) is 0 Å². The predicted molar refractivity (Wildman–Crippen MR) is 86.8 cm³/mol. The van der Waals surface area contributed by atoms with Crippen LogP contribution in [0.3, 0.4) is 0 Å². The highest BCUT2D eigenvalue weighted by molar-refractivity contribution is 5.74. The van der Waals surface area contributed by atoms with Crippen molar-refractivity contribution < 1.29 is 14.6 Å². The van der Waals surface area contributed by atoms with Crippen molar-refractivity contribution in [1.29, 1.82) is 0 Å². The molecule has 128 valence electrons. The van der Waals surface area contributed by atoms with Crippen LogP contribution in [-0.4, -0.2) is 55.5 Å². The van der Waals surface area contributed by atoms with Crippen molar-refractivity contribution in [1.82, 2.24) is 10.2 Å². The summed E-state index contributed by atoms with van der Waals surface area (Å²) in [5, 5.41) is 12.9. The third-order valence-corrected chi connectivity index (χ3v) is 5.54. The van der Waals surface area contributed by atoms with Gasteiger partial charge >= 0.3 is 6.03 Å². The zero-order valence-corrected chi connectivity index (χ0v) is 14.1. The van der Waals surface area contributed by atoms with Crippen LogP contribution < -0.4 is 5.32 Å².